The number of unbranched alkanes of at least 4 members (excludes halogenated alkanes) is 2. The van der Waals surface area contributed by atoms with Gasteiger partial charge in [0.2, 0.25) is 5.75 Å². The molecule has 0 N–H and O–H groups in total. The highest BCUT2D eigenvalue weighted by Gasteiger charge is 2.41. The molecule has 0 saturated heterocycles. The van der Waals surface area contributed by atoms with Crippen LogP contribution >= 0.6 is 0 Å². The third-order valence-corrected chi connectivity index (χ3v) is 7.90. The van der Waals surface area contributed by atoms with Gasteiger partial charge in [0.15, 0.2) is 11.6 Å². The summed E-state index contributed by atoms with van der Waals surface area (Å²) in [5.41, 5.74) is -2.18. The Bertz CT molecular complexity index is 1560. The van der Waals surface area contributed by atoms with Gasteiger partial charge < -0.3 is 14.2 Å². The molecule has 47 heavy (non-hydrogen) atoms. The Morgan fingerprint density at radius 1 is 0.681 bits per heavy atom. The molecule has 4 rings (SSSR count). The molecule has 3 aromatic rings. The van der Waals surface area contributed by atoms with Gasteiger partial charge >= 0.3 is 24.3 Å². The third-order valence-electron chi connectivity index (χ3n) is 7.90. The average molecular weight is 683 g/mol. The quantitative estimate of drug-likeness (QED) is 0.102. The third kappa shape index (κ3) is 8.89. The monoisotopic (exact) mass is 682 g/mol. The van der Waals surface area contributed by atoms with E-state index in [0.29, 0.717) is 17.5 Å². The van der Waals surface area contributed by atoms with E-state index in [2.05, 4.69) is 21.1 Å². The maximum absolute atomic E-state index is 15.0. The van der Waals surface area contributed by atoms with Crippen LogP contribution in [-0.2, 0) is 12.2 Å². The Kier molecular flexibility index (Phi) is 11.3. The van der Waals surface area contributed by atoms with Crippen molar-refractivity contribution in [1.82, 2.24) is 0 Å². The topological polar surface area (TPSA) is 27.7 Å². The van der Waals surface area contributed by atoms with Crippen molar-refractivity contribution in [2.45, 2.75) is 76.4 Å². The van der Waals surface area contributed by atoms with Crippen LogP contribution in [-0.4, -0.2) is 0 Å². The average Bonchev–Trinajstić information content (AvgIpc) is 2.98. The number of benzene rings is 3. The Morgan fingerprint density at radius 2 is 1.21 bits per heavy atom. The summed E-state index contributed by atoms with van der Waals surface area (Å²) in [4.78, 5) is 0. The molecule has 256 valence electrons. The molecule has 0 atom stereocenters. The molecule has 14 heteroatoms. The molecule has 0 spiro atoms. The van der Waals surface area contributed by atoms with Crippen molar-refractivity contribution in [2.75, 3.05) is 0 Å². The molecule has 0 heterocycles. The van der Waals surface area contributed by atoms with Gasteiger partial charge in [-0.3, -0.25) is 0 Å². The highest BCUT2D eigenvalue weighted by Crippen LogP contribution is 2.41. The summed E-state index contributed by atoms with van der Waals surface area (Å²) in [6.07, 6.45) is -4.00. The number of hydrogen-bond acceptors (Lipinski definition) is 3. The van der Waals surface area contributed by atoms with E-state index >= 15 is 0 Å². The number of hydrogen-bond donors (Lipinski definition) is 0. The van der Waals surface area contributed by atoms with E-state index in [0.717, 1.165) is 63.5 Å². The van der Waals surface area contributed by atoms with Crippen LogP contribution in [0.5, 0.6) is 17.2 Å². The molecule has 0 aliphatic heterocycles. The summed E-state index contributed by atoms with van der Waals surface area (Å²) in [5.74, 6) is -10.3. The molecule has 1 saturated carbocycles. The first-order valence-electron chi connectivity index (χ1n) is 14.7. The summed E-state index contributed by atoms with van der Waals surface area (Å²) < 4.78 is 167. The lowest BCUT2D eigenvalue weighted by Gasteiger charge is -2.29. The molecule has 3 aromatic carbocycles. The van der Waals surface area contributed by atoms with E-state index in [1.807, 2.05) is 0 Å². The largest absolute Gasteiger partial charge is 0.429 e. The Labute approximate surface area is 262 Å². The fourth-order valence-electron chi connectivity index (χ4n) is 5.51. The van der Waals surface area contributed by atoms with Crippen LogP contribution in [0.25, 0.3) is 0 Å². The van der Waals surface area contributed by atoms with Crippen molar-refractivity contribution in [2.24, 2.45) is 5.92 Å². The summed E-state index contributed by atoms with van der Waals surface area (Å²) in [7, 11) is 0. The van der Waals surface area contributed by atoms with Gasteiger partial charge in [0, 0.05) is 18.2 Å². The van der Waals surface area contributed by atoms with Crippen molar-refractivity contribution < 1.29 is 62.5 Å². The molecule has 0 amide bonds. The number of ether oxygens (including phenoxy) is 3. The summed E-state index contributed by atoms with van der Waals surface area (Å²) in [5, 5.41) is 0. The van der Waals surface area contributed by atoms with Crippen molar-refractivity contribution in [3.05, 3.63) is 101 Å². The van der Waals surface area contributed by atoms with Gasteiger partial charge in [0.05, 0.1) is 5.56 Å². The smallest absolute Gasteiger partial charge is 0.429 e. The first-order valence-corrected chi connectivity index (χ1v) is 14.7. The minimum absolute atomic E-state index is 0.00591. The zero-order valence-corrected chi connectivity index (χ0v) is 24.8. The molecule has 1 fully saturated rings. The van der Waals surface area contributed by atoms with Gasteiger partial charge in [-0.25, -0.2) is 17.6 Å². The predicted molar refractivity (Wildman–Crippen MR) is 148 cm³/mol. The number of halogens is 11. The minimum atomic E-state index is -4.68. The van der Waals surface area contributed by atoms with Crippen LogP contribution in [0.1, 0.15) is 80.9 Å². The van der Waals surface area contributed by atoms with E-state index in [1.54, 1.807) is 0 Å². The van der Waals surface area contributed by atoms with E-state index in [4.69, 9.17) is 0 Å². The number of alkyl halides is 4. The molecule has 0 radical (unpaired) electrons. The van der Waals surface area contributed by atoms with Crippen LogP contribution in [0.4, 0.5) is 48.3 Å². The molecule has 1 aliphatic carbocycles. The van der Waals surface area contributed by atoms with E-state index in [-0.39, 0.29) is 30.2 Å². The Balaban J connectivity index is 1.43. The van der Waals surface area contributed by atoms with Crippen molar-refractivity contribution >= 4 is 0 Å². The second kappa shape index (κ2) is 14.8. The predicted octanol–water partition coefficient (Wildman–Crippen LogP) is 11.8. The Hall–Kier alpha value is -3.97. The zero-order chi connectivity index (χ0) is 34.5. The summed E-state index contributed by atoms with van der Waals surface area (Å²) in [6.45, 7) is 2.13. The minimum Gasteiger partial charge on any atom is -0.429 e. The highest BCUT2D eigenvalue weighted by atomic mass is 19.3. The van der Waals surface area contributed by atoms with Crippen LogP contribution < -0.4 is 14.2 Å². The maximum atomic E-state index is 15.0. The van der Waals surface area contributed by atoms with Gasteiger partial charge in [-0.15, -0.1) is 0 Å². The molecule has 0 unspecified atom stereocenters. The fraction of sp³-hybridized carbons (Fsp3) is 0.394. The van der Waals surface area contributed by atoms with Gasteiger partial charge in [-0.2, -0.15) is 30.7 Å². The van der Waals surface area contributed by atoms with Crippen LogP contribution in [0.15, 0.2) is 60.6 Å². The molecule has 0 bridgehead atoms. The van der Waals surface area contributed by atoms with E-state index in [1.165, 1.54) is 6.07 Å². The number of rotatable bonds is 13. The SMILES string of the molecule is CCCCCC1CCC(c2ccc(C(F)(F)Oc3ccc(C(F)(F)Oc4cc(F)c(OC(F)=C(F)F)c(F)c4)c(F)c3)c(F)c2)CC1. The van der Waals surface area contributed by atoms with Gasteiger partial charge in [0.25, 0.3) is 0 Å². The van der Waals surface area contributed by atoms with Gasteiger partial charge in [0.1, 0.15) is 28.7 Å². The van der Waals surface area contributed by atoms with Gasteiger partial charge in [-0.1, -0.05) is 38.7 Å². The molecule has 0 aromatic heterocycles. The summed E-state index contributed by atoms with van der Waals surface area (Å²) >= 11 is 0. The lowest BCUT2D eigenvalue weighted by atomic mass is 9.77. The molecular formula is C33H29F11O3. The molecule has 3 nitrogen and oxygen atoms in total. The zero-order valence-electron chi connectivity index (χ0n) is 24.8. The Morgan fingerprint density at radius 3 is 1.74 bits per heavy atom. The maximum Gasteiger partial charge on any atom is 0.429 e. The van der Waals surface area contributed by atoms with Crippen LogP contribution in [0.3, 0.4) is 0 Å². The van der Waals surface area contributed by atoms with Crippen molar-refractivity contribution in [3.63, 3.8) is 0 Å². The van der Waals surface area contributed by atoms with Crippen LogP contribution in [0, 0.1) is 29.2 Å². The first-order chi connectivity index (χ1) is 22.1. The van der Waals surface area contributed by atoms with Crippen molar-refractivity contribution in [3.8, 4) is 17.2 Å². The second-order valence-corrected chi connectivity index (χ2v) is 11.2. The lowest BCUT2D eigenvalue weighted by Crippen LogP contribution is -2.25. The van der Waals surface area contributed by atoms with Gasteiger partial charge in [-0.05, 0) is 67.3 Å². The standard InChI is InChI=1S/C33H29F11O3/c1-2-3-4-5-18-6-8-19(9-7-18)20-10-12-23(25(34)14-20)32(41,42)46-21-11-13-24(26(35)15-21)33(43,44)47-22-16-27(36)29(28(37)17-22)45-31(40)30(38)39/h10-19H,2-9H2,1H3. The first kappa shape index (κ1) is 35.9. The lowest BCUT2D eigenvalue weighted by molar-refractivity contribution is -0.189. The highest BCUT2D eigenvalue weighted by molar-refractivity contribution is 5.38. The molecular weight excluding hydrogens is 653 g/mol. The van der Waals surface area contributed by atoms with Crippen molar-refractivity contribution in [1.29, 1.82) is 0 Å². The molecule has 1 aliphatic rings. The van der Waals surface area contributed by atoms with Crippen LogP contribution in [0.2, 0.25) is 0 Å². The second-order valence-electron chi connectivity index (χ2n) is 11.2. The normalized spacial score (nSPS) is 16.9. The van der Waals surface area contributed by atoms with E-state index < -0.39 is 76.0 Å². The van der Waals surface area contributed by atoms with E-state index in [9.17, 15) is 48.3 Å². The fourth-order valence-corrected chi connectivity index (χ4v) is 5.51. The summed E-state index contributed by atoms with van der Waals surface area (Å²) in [6, 6.07) is 1.56.